The van der Waals surface area contributed by atoms with Crippen LogP contribution in [0.4, 0.5) is 5.69 Å². The zero-order valence-electron chi connectivity index (χ0n) is 18.1. The van der Waals surface area contributed by atoms with Crippen molar-refractivity contribution >= 4 is 23.2 Å². The fourth-order valence-electron chi connectivity index (χ4n) is 3.25. The van der Waals surface area contributed by atoms with Gasteiger partial charge in [0.15, 0.2) is 5.82 Å². The number of nitrogens with one attached hydrogen (secondary N) is 1. The maximum Gasteiger partial charge on any atom is 0.295 e. The fraction of sp³-hybridized carbons (Fsp3) is 0.160. The monoisotopic (exact) mass is 446 g/mol. The van der Waals surface area contributed by atoms with E-state index in [4.69, 9.17) is 16.3 Å². The van der Waals surface area contributed by atoms with Crippen molar-refractivity contribution in [3.63, 3.8) is 0 Å². The molecule has 4 aromatic rings. The van der Waals surface area contributed by atoms with Crippen LogP contribution in [-0.4, -0.2) is 27.3 Å². The van der Waals surface area contributed by atoms with Crippen LogP contribution in [0.5, 0.6) is 5.75 Å². The molecule has 0 aliphatic rings. The molecule has 162 valence electrons. The van der Waals surface area contributed by atoms with Crippen LogP contribution in [-0.2, 0) is 0 Å². The van der Waals surface area contributed by atoms with Crippen molar-refractivity contribution in [1.82, 2.24) is 14.8 Å². The molecule has 0 atom stereocenters. The van der Waals surface area contributed by atoms with E-state index >= 15 is 0 Å². The molecule has 6 nitrogen and oxygen atoms in total. The van der Waals surface area contributed by atoms with Crippen LogP contribution in [0.2, 0.25) is 5.02 Å². The average molecular weight is 447 g/mol. The largest absolute Gasteiger partial charge is 0.494 e. The number of carbonyl (C=O) groups is 1. The first-order valence-corrected chi connectivity index (χ1v) is 10.7. The predicted octanol–water partition coefficient (Wildman–Crippen LogP) is 5.86. The summed E-state index contributed by atoms with van der Waals surface area (Å²) in [6, 6.07) is 20.5. The molecule has 0 saturated carbocycles. The van der Waals surface area contributed by atoms with E-state index in [0.717, 1.165) is 22.6 Å². The Bertz CT molecular complexity index is 1270. The highest BCUT2D eigenvalue weighted by molar-refractivity contribution is 6.30. The Morgan fingerprint density at radius 1 is 1.03 bits per heavy atom. The Hall–Kier alpha value is -3.64. The molecule has 32 heavy (non-hydrogen) atoms. The number of carbonyl (C=O) groups excluding carboxylic acids is 1. The van der Waals surface area contributed by atoms with Crippen LogP contribution in [0.25, 0.3) is 17.1 Å². The highest BCUT2D eigenvalue weighted by atomic mass is 35.5. The lowest BCUT2D eigenvalue weighted by Crippen LogP contribution is -2.14. The van der Waals surface area contributed by atoms with Gasteiger partial charge in [-0.05, 0) is 80.4 Å². The van der Waals surface area contributed by atoms with Crippen LogP contribution < -0.4 is 10.1 Å². The summed E-state index contributed by atoms with van der Waals surface area (Å²) in [4.78, 5) is 17.5. The van der Waals surface area contributed by atoms with Gasteiger partial charge in [-0.15, -0.1) is 5.10 Å². The Kier molecular flexibility index (Phi) is 6.23. The molecular weight excluding hydrogens is 424 g/mol. The molecule has 0 aliphatic heterocycles. The van der Waals surface area contributed by atoms with Crippen molar-refractivity contribution in [2.45, 2.75) is 20.8 Å². The second kappa shape index (κ2) is 9.24. The molecule has 0 fully saturated rings. The zero-order valence-corrected chi connectivity index (χ0v) is 18.8. The first kappa shape index (κ1) is 21.6. The number of rotatable bonds is 6. The number of aryl methyl sites for hydroxylation is 2. The molecule has 0 radical (unpaired) electrons. The van der Waals surface area contributed by atoms with E-state index < -0.39 is 5.91 Å². The number of aromatic nitrogens is 3. The van der Waals surface area contributed by atoms with Gasteiger partial charge in [0, 0.05) is 16.3 Å². The Morgan fingerprint density at radius 2 is 1.81 bits per heavy atom. The molecule has 1 amide bonds. The lowest BCUT2D eigenvalue weighted by atomic mass is 10.1. The van der Waals surface area contributed by atoms with Crippen LogP contribution in [0.1, 0.15) is 28.7 Å². The van der Waals surface area contributed by atoms with Crippen molar-refractivity contribution in [3.8, 4) is 22.8 Å². The quantitative estimate of drug-likeness (QED) is 0.403. The summed E-state index contributed by atoms with van der Waals surface area (Å²) in [5.41, 5.74) is 4.51. The van der Waals surface area contributed by atoms with Gasteiger partial charge in [0.25, 0.3) is 5.91 Å². The third kappa shape index (κ3) is 4.65. The van der Waals surface area contributed by atoms with Crippen LogP contribution >= 0.6 is 11.6 Å². The van der Waals surface area contributed by atoms with Gasteiger partial charge in [0.05, 0.1) is 12.3 Å². The zero-order chi connectivity index (χ0) is 22.7. The van der Waals surface area contributed by atoms with Crippen LogP contribution in [0.15, 0.2) is 66.7 Å². The maximum absolute atomic E-state index is 12.9. The van der Waals surface area contributed by atoms with Gasteiger partial charge in [0.1, 0.15) is 5.75 Å². The fourth-order valence-corrected chi connectivity index (χ4v) is 3.44. The van der Waals surface area contributed by atoms with Gasteiger partial charge in [-0.2, -0.15) is 0 Å². The molecule has 4 rings (SSSR count). The van der Waals surface area contributed by atoms with Crippen molar-refractivity contribution in [1.29, 1.82) is 0 Å². The average Bonchev–Trinajstić information content (AvgIpc) is 3.23. The number of hydrogen-bond acceptors (Lipinski definition) is 4. The summed E-state index contributed by atoms with van der Waals surface area (Å²) in [6.07, 6.45) is 0. The highest BCUT2D eigenvalue weighted by Gasteiger charge is 2.19. The normalized spacial score (nSPS) is 10.8. The number of hydrogen-bond donors (Lipinski definition) is 1. The summed E-state index contributed by atoms with van der Waals surface area (Å²) >= 11 is 6.20. The van der Waals surface area contributed by atoms with E-state index in [1.807, 2.05) is 51.1 Å². The van der Waals surface area contributed by atoms with E-state index in [1.165, 1.54) is 5.56 Å². The van der Waals surface area contributed by atoms with Crippen molar-refractivity contribution in [2.24, 2.45) is 0 Å². The molecule has 0 spiro atoms. The highest BCUT2D eigenvalue weighted by Crippen LogP contribution is 2.25. The second-order valence-electron chi connectivity index (χ2n) is 7.36. The molecule has 1 aromatic heterocycles. The van der Waals surface area contributed by atoms with E-state index in [-0.39, 0.29) is 5.82 Å². The van der Waals surface area contributed by atoms with Gasteiger partial charge < -0.3 is 10.1 Å². The minimum Gasteiger partial charge on any atom is -0.494 e. The van der Waals surface area contributed by atoms with Gasteiger partial charge >= 0.3 is 0 Å². The number of nitrogens with zero attached hydrogens (tertiary/aromatic N) is 3. The molecule has 7 heteroatoms. The molecule has 0 aliphatic carbocycles. The van der Waals surface area contributed by atoms with Gasteiger partial charge in [-0.3, -0.25) is 4.79 Å². The van der Waals surface area contributed by atoms with Gasteiger partial charge in [-0.1, -0.05) is 29.8 Å². The topological polar surface area (TPSA) is 69.0 Å². The van der Waals surface area contributed by atoms with Crippen molar-refractivity contribution < 1.29 is 9.53 Å². The van der Waals surface area contributed by atoms with Crippen molar-refractivity contribution in [2.75, 3.05) is 11.9 Å². The van der Waals surface area contributed by atoms with E-state index in [2.05, 4.69) is 15.4 Å². The Labute approximate surface area is 191 Å². The lowest BCUT2D eigenvalue weighted by Gasteiger charge is -2.08. The number of amides is 1. The minimum atomic E-state index is -0.403. The number of anilines is 1. The summed E-state index contributed by atoms with van der Waals surface area (Å²) < 4.78 is 7.12. The molecular formula is C25H23ClN4O2. The first-order valence-electron chi connectivity index (χ1n) is 10.3. The molecule has 0 unspecified atom stereocenters. The van der Waals surface area contributed by atoms with Crippen LogP contribution in [0, 0.1) is 13.8 Å². The minimum absolute atomic E-state index is 0.0621. The number of ether oxygens (including phenoxy) is 1. The van der Waals surface area contributed by atoms with Gasteiger partial charge in [0.2, 0.25) is 5.82 Å². The van der Waals surface area contributed by atoms with Crippen molar-refractivity contribution in [3.05, 3.63) is 88.7 Å². The third-order valence-electron chi connectivity index (χ3n) is 5.05. The standard InChI is InChI=1S/C25H23ClN4O2/c1-4-32-22-12-9-20(10-13-22)27-25(31)23-28-24(18-6-5-7-19(26)15-18)30(29-23)21-11-8-16(2)17(3)14-21/h5-15H,4H2,1-3H3,(H,27,31). The second-order valence-corrected chi connectivity index (χ2v) is 7.80. The molecule has 1 heterocycles. The van der Waals surface area contributed by atoms with Gasteiger partial charge in [-0.25, -0.2) is 9.67 Å². The van der Waals surface area contributed by atoms with E-state index in [1.54, 1.807) is 41.1 Å². The smallest absolute Gasteiger partial charge is 0.295 e. The molecule has 1 N–H and O–H groups in total. The SMILES string of the molecule is CCOc1ccc(NC(=O)c2nc(-c3cccc(Cl)c3)n(-c3ccc(C)c(C)c3)n2)cc1. The van der Waals surface area contributed by atoms with E-state index in [9.17, 15) is 4.79 Å². The summed E-state index contributed by atoms with van der Waals surface area (Å²) in [5.74, 6) is 0.936. The third-order valence-corrected chi connectivity index (χ3v) is 5.29. The predicted molar refractivity (Wildman–Crippen MR) is 127 cm³/mol. The van der Waals surface area contributed by atoms with Crippen LogP contribution in [0.3, 0.4) is 0 Å². The summed E-state index contributed by atoms with van der Waals surface area (Å²) in [7, 11) is 0. The van der Waals surface area contributed by atoms with E-state index in [0.29, 0.717) is 23.1 Å². The molecule has 0 bridgehead atoms. The summed E-state index contributed by atoms with van der Waals surface area (Å²) in [5, 5.41) is 7.95. The maximum atomic E-state index is 12.9. The molecule has 3 aromatic carbocycles. The lowest BCUT2D eigenvalue weighted by molar-refractivity contribution is 0.101. The first-order chi connectivity index (χ1) is 15.4. The Morgan fingerprint density at radius 3 is 2.50 bits per heavy atom. The molecule has 0 saturated heterocycles. The number of halogens is 1. The Balaban J connectivity index is 1.71. The summed E-state index contributed by atoms with van der Waals surface area (Å²) in [6.45, 7) is 6.59. The number of benzene rings is 3.